The highest BCUT2D eigenvalue weighted by Gasteiger charge is 2.13. The first-order chi connectivity index (χ1) is 12.8. The Morgan fingerprint density at radius 2 is 1.96 bits per heavy atom. The molecule has 1 aromatic heterocycles. The molecule has 1 saturated heterocycles. The maximum absolute atomic E-state index is 12.5. The summed E-state index contributed by atoms with van der Waals surface area (Å²) in [5, 5.41) is 2.99. The quantitative estimate of drug-likeness (QED) is 0.827. The minimum Gasteiger partial charge on any atom is -0.379 e. The van der Waals surface area contributed by atoms with Gasteiger partial charge in [-0.05, 0) is 25.1 Å². The van der Waals surface area contributed by atoms with Crippen LogP contribution in [0, 0.1) is 0 Å². The summed E-state index contributed by atoms with van der Waals surface area (Å²) >= 11 is 0. The van der Waals surface area contributed by atoms with Gasteiger partial charge >= 0.3 is 0 Å². The summed E-state index contributed by atoms with van der Waals surface area (Å²) in [6, 6.07) is 12.0. The van der Waals surface area contributed by atoms with Crippen LogP contribution >= 0.6 is 0 Å². The predicted octanol–water partition coefficient (Wildman–Crippen LogP) is 2.30. The number of rotatable bonds is 7. The lowest BCUT2D eigenvalue weighted by atomic mass is 10.2. The molecule has 1 fully saturated rings. The standard InChI is InChI=1S/C20H26N4O2/c1-2-24(18-6-4-3-5-7-18)19-14-17(15-21-16-19)20(25)22-8-9-23-10-12-26-13-11-23/h3-7,14-16H,2,8-13H2,1H3,(H,22,25). The van der Waals surface area contributed by atoms with Crippen molar-refractivity contribution < 1.29 is 9.53 Å². The zero-order chi connectivity index (χ0) is 18.2. The Bertz CT molecular complexity index is 702. The number of benzene rings is 1. The molecule has 1 N–H and O–H groups in total. The number of amides is 1. The van der Waals surface area contributed by atoms with Gasteiger partial charge in [-0.1, -0.05) is 18.2 Å². The first-order valence-electron chi connectivity index (χ1n) is 9.14. The van der Waals surface area contributed by atoms with Crippen molar-refractivity contribution >= 4 is 17.3 Å². The highest BCUT2D eigenvalue weighted by atomic mass is 16.5. The molecule has 0 aliphatic carbocycles. The summed E-state index contributed by atoms with van der Waals surface area (Å²) in [7, 11) is 0. The van der Waals surface area contributed by atoms with Crippen LogP contribution in [-0.4, -0.2) is 61.7 Å². The largest absolute Gasteiger partial charge is 0.379 e. The van der Waals surface area contributed by atoms with E-state index in [-0.39, 0.29) is 5.91 Å². The van der Waals surface area contributed by atoms with Crippen molar-refractivity contribution in [2.45, 2.75) is 6.92 Å². The zero-order valence-corrected chi connectivity index (χ0v) is 15.2. The highest BCUT2D eigenvalue weighted by Crippen LogP contribution is 2.24. The Hall–Kier alpha value is -2.44. The van der Waals surface area contributed by atoms with E-state index in [2.05, 4.69) is 39.2 Å². The van der Waals surface area contributed by atoms with E-state index < -0.39 is 0 Å². The number of ether oxygens (including phenoxy) is 1. The predicted molar refractivity (Wildman–Crippen MR) is 103 cm³/mol. The van der Waals surface area contributed by atoms with Crippen LogP contribution in [0.25, 0.3) is 0 Å². The number of pyridine rings is 1. The van der Waals surface area contributed by atoms with E-state index in [0.29, 0.717) is 12.1 Å². The highest BCUT2D eigenvalue weighted by molar-refractivity contribution is 5.94. The molecule has 0 radical (unpaired) electrons. The minimum absolute atomic E-state index is 0.0864. The lowest BCUT2D eigenvalue weighted by Crippen LogP contribution is -2.41. The van der Waals surface area contributed by atoms with Gasteiger partial charge in [0.1, 0.15) is 0 Å². The number of anilines is 2. The van der Waals surface area contributed by atoms with Crippen molar-refractivity contribution in [3.63, 3.8) is 0 Å². The first-order valence-corrected chi connectivity index (χ1v) is 9.14. The maximum Gasteiger partial charge on any atom is 0.252 e. The summed E-state index contributed by atoms with van der Waals surface area (Å²) in [6.07, 6.45) is 3.41. The summed E-state index contributed by atoms with van der Waals surface area (Å²) in [6.45, 7) is 7.74. The van der Waals surface area contributed by atoms with Crippen LogP contribution in [0.3, 0.4) is 0 Å². The van der Waals surface area contributed by atoms with E-state index >= 15 is 0 Å². The van der Waals surface area contributed by atoms with Gasteiger partial charge in [-0.2, -0.15) is 0 Å². The molecule has 0 saturated carbocycles. The Morgan fingerprint density at radius 3 is 2.69 bits per heavy atom. The molecule has 2 aromatic rings. The Balaban J connectivity index is 1.61. The molecule has 6 nitrogen and oxygen atoms in total. The van der Waals surface area contributed by atoms with Crippen LogP contribution in [0.2, 0.25) is 0 Å². The monoisotopic (exact) mass is 354 g/mol. The van der Waals surface area contributed by atoms with Crippen molar-refractivity contribution in [2.24, 2.45) is 0 Å². The van der Waals surface area contributed by atoms with Crippen molar-refractivity contribution in [1.29, 1.82) is 0 Å². The molecular formula is C20H26N4O2. The molecule has 0 atom stereocenters. The first kappa shape index (κ1) is 18.4. The van der Waals surface area contributed by atoms with E-state index in [4.69, 9.17) is 4.74 Å². The zero-order valence-electron chi connectivity index (χ0n) is 15.2. The van der Waals surface area contributed by atoms with Gasteiger partial charge in [0.05, 0.1) is 30.7 Å². The molecule has 1 amide bonds. The van der Waals surface area contributed by atoms with Gasteiger partial charge in [-0.25, -0.2) is 0 Å². The van der Waals surface area contributed by atoms with Crippen LogP contribution in [0.5, 0.6) is 0 Å². The fourth-order valence-electron chi connectivity index (χ4n) is 3.08. The molecule has 1 aromatic carbocycles. The van der Waals surface area contributed by atoms with Crippen molar-refractivity contribution in [2.75, 3.05) is 50.8 Å². The van der Waals surface area contributed by atoms with Crippen molar-refractivity contribution in [1.82, 2.24) is 15.2 Å². The normalized spacial score (nSPS) is 14.8. The van der Waals surface area contributed by atoms with Gasteiger partial charge in [-0.15, -0.1) is 0 Å². The van der Waals surface area contributed by atoms with Crippen LogP contribution in [0.1, 0.15) is 17.3 Å². The van der Waals surface area contributed by atoms with E-state index in [1.165, 1.54) is 0 Å². The number of carbonyl (C=O) groups excluding carboxylic acids is 1. The van der Waals surface area contributed by atoms with Crippen LogP contribution in [0.15, 0.2) is 48.8 Å². The molecule has 1 aliphatic heterocycles. The second-order valence-electron chi connectivity index (χ2n) is 6.22. The maximum atomic E-state index is 12.5. The molecule has 0 spiro atoms. The fourth-order valence-corrected chi connectivity index (χ4v) is 3.08. The molecule has 2 heterocycles. The van der Waals surface area contributed by atoms with Gasteiger partial charge in [0.2, 0.25) is 0 Å². The average Bonchev–Trinajstić information content (AvgIpc) is 2.70. The number of para-hydroxylation sites is 1. The molecular weight excluding hydrogens is 328 g/mol. The summed E-state index contributed by atoms with van der Waals surface area (Å²) < 4.78 is 5.34. The minimum atomic E-state index is -0.0864. The van der Waals surface area contributed by atoms with E-state index in [0.717, 1.165) is 50.8 Å². The second-order valence-corrected chi connectivity index (χ2v) is 6.22. The summed E-state index contributed by atoms with van der Waals surface area (Å²) in [4.78, 5) is 21.2. The molecule has 1 aliphatic rings. The average molecular weight is 354 g/mol. The van der Waals surface area contributed by atoms with Gasteiger partial charge in [0.15, 0.2) is 0 Å². The Morgan fingerprint density at radius 1 is 1.19 bits per heavy atom. The number of hydrogen-bond acceptors (Lipinski definition) is 5. The van der Waals surface area contributed by atoms with Gasteiger partial charge < -0.3 is 15.0 Å². The van der Waals surface area contributed by atoms with Crippen molar-refractivity contribution in [3.8, 4) is 0 Å². The molecule has 0 bridgehead atoms. The number of morpholine rings is 1. The van der Waals surface area contributed by atoms with Gasteiger partial charge in [0.25, 0.3) is 5.91 Å². The third-order valence-corrected chi connectivity index (χ3v) is 4.50. The van der Waals surface area contributed by atoms with Crippen LogP contribution < -0.4 is 10.2 Å². The van der Waals surface area contributed by atoms with E-state index in [9.17, 15) is 4.79 Å². The number of aromatic nitrogens is 1. The summed E-state index contributed by atoms with van der Waals surface area (Å²) in [5.41, 5.74) is 2.58. The van der Waals surface area contributed by atoms with Crippen LogP contribution in [0.4, 0.5) is 11.4 Å². The Kier molecular flexibility index (Phi) is 6.57. The number of nitrogens with one attached hydrogen (secondary N) is 1. The lowest BCUT2D eigenvalue weighted by molar-refractivity contribution is 0.0383. The molecule has 3 rings (SSSR count). The SMILES string of the molecule is CCN(c1ccccc1)c1cncc(C(=O)NCCN2CCOCC2)c1. The molecule has 0 unspecified atom stereocenters. The number of nitrogens with zero attached hydrogens (tertiary/aromatic N) is 3. The lowest BCUT2D eigenvalue weighted by Gasteiger charge is -2.26. The second kappa shape index (κ2) is 9.31. The van der Waals surface area contributed by atoms with E-state index in [1.807, 2.05) is 24.3 Å². The third-order valence-electron chi connectivity index (χ3n) is 4.50. The molecule has 138 valence electrons. The van der Waals surface area contributed by atoms with Gasteiger partial charge in [-0.3, -0.25) is 14.7 Å². The van der Waals surface area contributed by atoms with Crippen molar-refractivity contribution in [3.05, 3.63) is 54.4 Å². The fraction of sp³-hybridized carbons (Fsp3) is 0.400. The van der Waals surface area contributed by atoms with E-state index in [1.54, 1.807) is 12.4 Å². The van der Waals surface area contributed by atoms with Gasteiger partial charge in [0, 0.05) is 44.6 Å². The third kappa shape index (κ3) is 4.80. The Labute approximate surface area is 154 Å². The molecule has 26 heavy (non-hydrogen) atoms. The topological polar surface area (TPSA) is 57.7 Å². The van der Waals surface area contributed by atoms with Crippen LogP contribution in [-0.2, 0) is 4.74 Å². The summed E-state index contributed by atoms with van der Waals surface area (Å²) in [5.74, 6) is -0.0864. The molecule has 6 heteroatoms. The number of hydrogen-bond donors (Lipinski definition) is 1. The smallest absolute Gasteiger partial charge is 0.252 e. The number of carbonyl (C=O) groups is 1.